The quantitative estimate of drug-likeness (QED) is 0.629. The van der Waals surface area contributed by atoms with Crippen LogP contribution in [0, 0.1) is 5.92 Å². The van der Waals surface area contributed by atoms with E-state index in [2.05, 4.69) is 34.6 Å². The predicted octanol–water partition coefficient (Wildman–Crippen LogP) is 3.30. The van der Waals surface area contributed by atoms with Gasteiger partial charge in [-0.1, -0.05) is 20.8 Å². The Morgan fingerprint density at radius 1 is 1.15 bits per heavy atom. The molecule has 0 saturated carbocycles. The van der Waals surface area contributed by atoms with Crippen LogP contribution in [-0.2, 0) is 0 Å². The second-order valence-electron chi connectivity index (χ2n) is 4.88. The Hall–Kier alpha value is -0.0800. The van der Waals surface area contributed by atoms with Crippen molar-refractivity contribution in [2.45, 2.75) is 66.0 Å². The van der Waals surface area contributed by atoms with Gasteiger partial charge in [0.1, 0.15) is 0 Å². The van der Waals surface area contributed by atoms with E-state index in [0.717, 1.165) is 6.42 Å². The van der Waals surface area contributed by atoms with Gasteiger partial charge in [0.05, 0.1) is 0 Å². The minimum absolute atomic E-state index is 0.0527. The maximum Gasteiger partial charge on any atom is 0.0436 e. The van der Waals surface area contributed by atoms with E-state index >= 15 is 0 Å². The number of hydrogen-bond donors (Lipinski definition) is 1. The zero-order chi connectivity index (χ0) is 10.9. The topological polar surface area (TPSA) is 23.5 Å². The molecule has 1 heterocycles. The highest BCUT2D eigenvalue weighted by atomic mass is 16.5. The van der Waals surface area contributed by atoms with E-state index in [4.69, 9.17) is 0 Å². The fraction of sp³-hybridized carbons (Fsp3) is 1.00. The molecule has 0 aromatic heterocycles. The summed E-state index contributed by atoms with van der Waals surface area (Å²) in [5.41, 5.74) is -0.119. The molecule has 0 amide bonds. The molecule has 13 heavy (non-hydrogen) atoms. The van der Waals surface area contributed by atoms with E-state index in [1.165, 1.54) is 5.06 Å². The maximum atomic E-state index is 9.79. The summed E-state index contributed by atoms with van der Waals surface area (Å²) in [7, 11) is 0. The van der Waals surface area contributed by atoms with Crippen LogP contribution in [0.15, 0.2) is 0 Å². The fourth-order valence-electron chi connectivity index (χ4n) is 2.07. The Morgan fingerprint density at radius 2 is 1.54 bits per heavy atom. The Kier molecular flexibility index (Phi) is 3.95. The third-order valence-electron chi connectivity index (χ3n) is 3.13. The normalized spacial score (nSPS) is 30.9. The van der Waals surface area contributed by atoms with E-state index in [9.17, 15) is 5.21 Å². The monoisotopic (exact) mass is 187 g/mol. The lowest BCUT2D eigenvalue weighted by molar-refractivity contribution is -0.196. The Bertz CT molecular complexity index is 163. The van der Waals surface area contributed by atoms with Crippen molar-refractivity contribution in [1.82, 2.24) is 5.06 Å². The lowest BCUT2D eigenvalue weighted by Crippen LogP contribution is -2.46. The van der Waals surface area contributed by atoms with Crippen LogP contribution in [0.1, 0.15) is 54.9 Å². The molecule has 0 aromatic rings. The van der Waals surface area contributed by atoms with Gasteiger partial charge in [0.25, 0.3) is 0 Å². The molecule has 0 bridgehead atoms. The molecule has 1 saturated heterocycles. The SMILES string of the molecule is CC.CC1CC(C)(C)N(O)C1(C)C. The van der Waals surface area contributed by atoms with Gasteiger partial charge in [0.2, 0.25) is 0 Å². The van der Waals surface area contributed by atoms with Crippen LogP contribution in [0.5, 0.6) is 0 Å². The third-order valence-corrected chi connectivity index (χ3v) is 3.13. The van der Waals surface area contributed by atoms with Crippen molar-refractivity contribution >= 4 is 0 Å². The first-order chi connectivity index (χ1) is 5.78. The van der Waals surface area contributed by atoms with E-state index in [1.54, 1.807) is 0 Å². The average Bonchev–Trinajstić information content (AvgIpc) is 2.17. The summed E-state index contributed by atoms with van der Waals surface area (Å²) in [6.07, 6.45) is 1.07. The molecular formula is C11H25NO. The van der Waals surface area contributed by atoms with Crippen LogP contribution in [0.25, 0.3) is 0 Å². The van der Waals surface area contributed by atoms with E-state index in [0.29, 0.717) is 5.92 Å². The molecule has 0 spiro atoms. The van der Waals surface area contributed by atoms with Gasteiger partial charge in [-0.25, -0.2) is 0 Å². The molecule has 80 valence electrons. The number of rotatable bonds is 0. The van der Waals surface area contributed by atoms with Crippen molar-refractivity contribution in [3.05, 3.63) is 0 Å². The number of nitrogens with zero attached hydrogens (tertiary/aromatic N) is 1. The van der Waals surface area contributed by atoms with Crippen molar-refractivity contribution in [1.29, 1.82) is 0 Å². The lowest BCUT2D eigenvalue weighted by atomic mass is 9.89. The second-order valence-corrected chi connectivity index (χ2v) is 4.88. The average molecular weight is 187 g/mol. The molecule has 0 aromatic carbocycles. The highest BCUT2D eigenvalue weighted by Gasteiger charge is 2.48. The van der Waals surface area contributed by atoms with Crippen LogP contribution >= 0.6 is 0 Å². The van der Waals surface area contributed by atoms with Gasteiger partial charge in [0, 0.05) is 11.1 Å². The summed E-state index contributed by atoms with van der Waals surface area (Å²) < 4.78 is 0. The minimum Gasteiger partial charge on any atom is -0.313 e. The van der Waals surface area contributed by atoms with Crippen molar-refractivity contribution in [2.24, 2.45) is 5.92 Å². The molecule has 1 atom stereocenters. The molecule has 1 N–H and O–H groups in total. The Balaban J connectivity index is 0.000000671. The standard InChI is InChI=1S/C9H19NO.C2H6/c1-7-6-8(2,3)10(11)9(7,4)5;1-2/h7,11H,6H2,1-5H3;1-2H3. The number of hydrogen-bond acceptors (Lipinski definition) is 2. The molecule has 1 fully saturated rings. The van der Waals surface area contributed by atoms with E-state index in [1.807, 2.05) is 13.8 Å². The fourth-order valence-corrected chi connectivity index (χ4v) is 2.07. The first-order valence-corrected chi connectivity index (χ1v) is 5.28. The van der Waals surface area contributed by atoms with Gasteiger partial charge in [-0.2, -0.15) is 5.06 Å². The molecule has 2 nitrogen and oxygen atoms in total. The molecule has 1 rings (SSSR count). The van der Waals surface area contributed by atoms with Crippen LogP contribution in [0.2, 0.25) is 0 Å². The molecule has 2 heteroatoms. The summed E-state index contributed by atoms with van der Waals surface area (Å²) in [5.74, 6) is 0.558. The molecule has 1 unspecified atom stereocenters. The zero-order valence-electron chi connectivity index (χ0n) is 10.2. The van der Waals surface area contributed by atoms with Crippen molar-refractivity contribution in [2.75, 3.05) is 0 Å². The lowest BCUT2D eigenvalue weighted by Gasteiger charge is -2.35. The molecule has 1 aliphatic rings. The van der Waals surface area contributed by atoms with E-state index in [-0.39, 0.29) is 11.1 Å². The number of hydroxylamine groups is 2. The van der Waals surface area contributed by atoms with Gasteiger partial charge in [-0.3, -0.25) is 0 Å². The molecule has 1 aliphatic heterocycles. The van der Waals surface area contributed by atoms with Crippen molar-refractivity contribution in [3.63, 3.8) is 0 Å². The summed E-state index contributed by atoms with van der Waals surface area (Å²) in [6.45, 7) is 14.5. The van der Waals surface area contributed by atoms with Crippen LogP contribution in [0.4, 0.5) is 0 Å². The van der Waals surface area contributed by atoms with Gasteiger partial charge >= 0.3 is 0 Å². The van der Waals surface area contributed by atoms with Gasteiger partial charge in [-0.15, -0.1) is 0 Å². The minimum atomic E-state index is -0.0660. The first kappa shape index (κ1) is 12.9. The molecule has 0 radical (unpaired) electrons. The van der Waals surface area contributed by atoms with Crippen molar-refractivity contribution < 1.29 is 5.21 Å². The van der Waals surface area contributed by atoms with E-state index < -0.39 is 0 Å². The van der Waals surface area contributed by atoms with Gasteiger partial charge in [-0.05, 0) is 40.0 Å². The summed E-state index contributed by atoms with van der Waals surface area (Å²) in [4.78, 5) is 0. The predicted molar refractivity (Wildman–Crippen MR) is 56.9 cm³/mol. The maximum absolute atomic E-state index is 9.79. The highest BCUT2D eigenvalue weighted by molar-refractivity contribution is 4.99. The van der Waals surface area contributed by atoms with Crippen LogP contribution in [-0.4, -0.2) is 21.3 Å². The van der Waals surface area contributed by atoms with Gasteiger partial charge < -0.3 is 5.21 Å². The summed E-state index contributed by atoms with van der Waals surface area (Å²) >= 11 is 0. The first-order valence-electron chi connectivity index (χ1n) is 5.28. The zero-order valence-corrected chi connectivity index (χ0v) is 10.2. The van der Waals surface area contributed by atoms with Crippen molar-refractivity contribution in [3.8, 4) is 0 Å². The Labute approximate surface area is 82.9 Å². The van der Waals surface area contributed by atoms with Gasteiger partial charge in [0.15, 0.2) is 0 Å². The molecule has 0 aliphatic carbocycles. The Morgan fingerprint density at radius 3 is 1.62 bits per heavy atom. The summed E-state index contributed by atoms with van der Waals surface area (Å²) in [5, 5.41) is 11.3. The van der Waals surface area contributed by atoms with Crippen LogP contribution < -0.4 is 0 Å². The third kappa shape index (κ3) is 2.23. The van der Waals surface area contributed by atoms with Crippen LogP contribution in [0.3, 0.4) is 0 Å². The summed E-state index contributed by atoms with van der Waals surface area (Å²) in [6, 6.07) is 0. The largest absolute Gasteiger partial charge is 0.313 e. The highest BCUT2D eigenvalue weighted by Crippen LogP contribution is 2.42. The molecular weight excluding hydrogens is 162 g/mol. The second kappa shape index (κ2) is 3.97. The smallest absolute Gasteiger partial charge is 0.0436 e.